The number of aliphatic imine (C=N–C) groups is 2. The van der Waals surface area contributed by atoms with Crippen LogP contribution in [-0.2, 0) is 24.1 Å². The van der Waals surface area contributed by atoms with Crippen molar-refractivity contribution in [2.45, 2.75) is 57.9 Å². The second-order valence-electron chi connectivity index (χ2n) is 7.92. The van der Waals surface area contributed by atoms with Crippen molar-refractivity contribution in [3.8, 4) is 11.1 Å². The van der Waals surface area contributed by atoms with E-state index in [0.717, 1.165) is 48.5 Å². The lowest BCUT2D eigenvalue weighted by Crippen LogP contribution is -2.25. The molecule has 0 spiro atoms. The van der Waals surface area contributed by atoms with Crippen LogP contribution in [0.3, 0.4) is 0 Å². The number of halogens is 3. The fraction of sp³-hybridized carbons (Fsp3) is 0.391. The van der Waals surface area contributed by atoms with Crippen LogP contribution in [0.4, 0.5) is 13.2 Å². The molecule has 0 fully saturated rings. The number of hydrogen-bond donors (Lipinski definition) is 0. The predicted molar refractivity (Wildman–Crippen MR) is 113 cm³/mol. The second-order valence-corrected chi connectivity index (χ2v) is 7.92. The summed E-state index contributed by atoms with van der Waals surface area (Å²) in [6, 6.07) is 6.40. The summed E-state index contributed by atoms with van der Waals surface area (Å²) in [4.78, 5) is 26.9. The van der Waals surface area contributed by atoms with Crippen LogP contribution in [0, 0.1) is 0 Å². The maximum Gasteiger partial charge on any atom is 0.417 e. The number of rotatable bonds is 5. The van der Waals surface area contributed by atoms with Crippen molar-refractivity contribution < 1.29 is 18.0 Å². The molecule has 1 atom stereocenters. The van der Waals surface area contributed by atoms with E-state index in [1.807, 2.05) is 19.2 Å². The monoisotopic (exact) mass is 428 g/mol. The first-order valence-electron chi connectivity index (χ1n) is 10.3. The van der Waals surface area contributed by atoms with Crippen molar-refractivity contribution in [2.75, 3.05) is 0 Å². The molecule has 162 valence electrons. The van der Waals surface area contributed by atoms with E-state index in [9.17, 15) is 18.0 Å². The van der Waals surface area contributed by atoms with Gasteiger partial charge in [-0.2, -0.15) is 13.2 Å². The number of carbonyl (C=O) groups is 1. The van der Waals surface area contributed by atoms with Crippen LogP contribution < -0.4 is 0 Å². The number of alkyl halides is 3. The Morgan fingerprint density at radius 1 is 1.19 bits per heavy atom. The number of fused-ring (bicyclic) bond motifs is 1. The average molecular weight is 428 g/mol. The average Bonchev–Trinajstić information content (AvgIpc) is 3.17. The van der Waals surface area contributed by atoms with Gasteiger partial charge < -0.3 is 4.90 Å². The third-order valence-corrected chi connectivity index (χ3v) is 5.67. The number of benzene rings is 1. The molecule has 2 aromatic rings. The minimum Gasteiger partial charge on any atom is -0.334 e. The van der Waals surface area contributed by atoms with Gasteiger partial charge >= 0.3 is 6.18 Å². The molecule has 8 heteroatoms. The summed E-state index contributed by atoms with van der Waals surface area (Å²) in [6.07, 6.45) is 2.62. The van der Waals surface area contributed by atoms with Crippen LogP contribution in [0.1, 0.15) is 49.3 Å². The van der Waals surface area contributed by atoms with Crippen LogP contribution in [0.15, 0.2) is 46.6 Å². The van der Waals surface area contributed by atoms with Crippen LogP contribution in [-0.4, -0.2) is 33.9 Å². The van der Waals surface area contributed by atoms with Crippen LogP contribution >= 0.6 is 0 Å². The van der Waals surface area contributed by atoms with Crippen molar-refractivity contribution in [1.29, 1.82) is 0 Å². The van der Waals surface area contributed by atoms with Gasteiger partial charge in [0.25, 0.3) is 0 Å². The smallest absolute Gasteiger partial charge is 0.334 e. The molecule has 2 aliphatic rings. The van der Waals surface area contributed by atoms with Crippen LogP contribution in [0.2, 0.25) is 0 Å². The summed E-state index contributed by atoms with van der Waals surface area (Å²) < 4.78 is 40.1. The predicted octanol–water partition coefficient (Wildman–Crippen LogP) is 5.04. The summed E-state index contributed by atoms with van der Waals surface area (Å²) in [5.41, 5.74) is 1.65. The van der Waals surface area contributed by atoms with Crippen molar-refractivity contribution in [3.05, 3.63) is 53.3 Å². The Morgan fingerprint density at radius 2 is 2.00 bits per heavy atom. The quantitative estimate of drug-likeness (QED) is 0.670. The van der Waals surface area contributed by atoms with Gasteiger partial charge in [0, 0.05) is 50.1 Å². The van der Waals surface area contributed by atoms with E-state index in [4.69, 9.17) is 0 Å². The van der Waals surface area contributed by atoms with Gasteiger partial charge in [0.15, 0.2) is 0 Å². The number of amidine groups is 1. The molecule has 0 aliphatic carbocycles. The number of nitrogens with zero attached hydrogens (tertiary/aromatic N) is 4. The van der Waals surface area contributed by atoms with Crippen molar-refractivity contribution in [3.63, 3.8) is 0 Å². The van der Waals surface area contributed by atoms with Crippen molar-refractivity contribution in [1.82, 2.24) is 9.88 Å². The van der Waals surface area contributed by atoms with Crippen molar-refractivity contribution >= 4 is 18.0 Å². The van der Waals surface area contributed by atoms with E-state index < -0.39 is 11.7 Å². The van der Waals surface area contributed by atoms with Gasteiger partial charge in [-0.3, -0.25) is 14.8 Å². The molecular weight excluding hydrogens is 405 g/mol. The molecule has 1 unspecified atom stereocenters. The third-order valence-electron chi connectivity index (χ3n) is 5.67. The third kappa shape index (κ3) is 4.84. The van der Waals surface area contributed by atoms with Gasteiger partial charge in [0.2, 0.25) is 5.91 Å². The molecule has 1 amide bonds. The number of carbonyl (C=O) groups excluding carboxylic acids is 1. The van der Waals surface area contributed by atoms with Crippen LogP contribution in [0.25, 0.3) is 11.1 Å². The number of amides is 1. The standard InChI is InChI=1S/C23H23F3N4O/c1-15-28-10-7-19(29-15)3-2-4-22(31)30-13-17-6-5-16(11-18(17)14-30)20-12-27-9-8-21(20)23(24,25)26/h5-6,8-12,19H,2-4,7,13-14H2,1H3. The van der Waals surface area contributed by atoms with E-state index in [1.165, 1.54) is 6.20 Å². The van der Waals surface area contributed by atoms with Crippen LogP contribution in [0.5, 0.6) is 0 Å². The molecule has 1 aromatic heterocycles. The van der Waals surface area contributed by atoms with E-state index in [2.05, 4.69) is 15.0 Å². The molecule has 4 rings (SSSR count). The van der Waals surface area contributed by atoms with Gasteiger partial charge in [-0.15, -0.1) is 0 Å². The topological polar surface area (TPSA) is 57.9 Å². The molecule has 0 saturated heterocycles. The fourth-order valence-corrected chi connectivity index (χ4v) is 4.10. The lowest BCUT2D eigenvalue weighted by molar-refractivity contribution is -0.137. The molecule has 1 aromatic carbocycles. The molecule has 0 N–H and O–H groups in total. The zero-order valence-electron chi connectivity index (χ0n) is 17.2. The second kappa shape index (κ2) is 8.61. The summed E-state index contributed by atoms with van der Waals surface area (Å²) in [5, 5.41) is 0. The summed E-state index contributed by atoms with van der Waals surface area (Å²) >= 11 is 0. The first-order chi connectivity index (χ1) is 14.8. The minimum atomic E-state index is -4.45. The number of pyridine rings is 1. The van der Waals surface area contributed by atoms with E-state index >= 15 is 0 Å². The lowest BCUT2D eigenvalue weighted by atomic mass is 9.98. The Morgan fingerprint density at radius 3 is 2.77 bits per heavy atom. The summed E-state index contributed by atoms with van der Waals surface area (Å²) in [7, 11) is 0. The Balaban J connectivity index is 1.40. The maximum absolute atomic E-state index is 13.4. The Bertz CT molecular complexity index is 1050. The first-order valence-corrected chi connectivity index (χ1v) is 10.3. The maximum atomic E-state index is 13.4. The number of aromatic nitrogens is 1. The highest BCUT2D eigenvalue weighted by molar-refractivity contribution is 5.89. The van der Waals surface area contributed by atoms with E-state index in [0.29, 0.717) is 25.1 Å². The highest BCUT2D eigenvalue weighted by atomic mass is 19.4. The summed E-state index contributed by atoms with van der Waals surface area (Å²) in [5.74, 6) is 0.830. The van der Waals surface area contributed by atoms with E-state index in [-0.39, 0.29) is 17.5 Å². The summed E-state index contributed by atoms with van der Waals surface area (Å²) in [6.45, 7) is 2.77. The highest BCUT2D eigenvalue weighted by Crippen LogP contribution is 2.37. The van der Waals surface area contributed by atoms with Gasteiger partial charge in [0.05, 0.1) is 11.6 Å². The minimum absolute atomic E-state index is 0.0504. The van der Waals surface area contributed by atoms with E-state index in [1.54, 1.807) is 17.0 Å². The van der Waals surface area contributed by atoms with Crippen molar-refractivity contribution in [2.24, 2.45) is 9.98 Å². The Kier molecular flexibility index (Phi) is 5.89. The zero-order valence-corrected chi connectivity index (χ0v) is 17.2. The molecular formula is C23H23F3N4O. The number of hydrogen-bond acceptors (Lipinski definition) is 4. The molecule has 0 bridgehead atoms. The Hall–Kier alpha value is -3.03. The zero-order chi connectivity index (χ0) is 22.0. The molecule has 5 nitrogen and oxygen atoms in total. The lowest BCUT2D eigenvalue weighted by Gasteiger charge is -2.17. The molecule has 3 heterocycles. The SMILES string of the molecule is CC1=NC(CCCC(=O)N2Cc3ccc(-c4cnccc4C(F)(F)F)cc3C2)CC=N1. The first kappa shape index (κ1) is 21.2. The highest BCUT2D eigenvalue weighted by Gasteiger charge is 2.34. The van der Waals surface area contributed by atoms with Gasteiger partial charge in [-0.25, -0.2) is 4.99 Å². The van der Waals surface area contributed by atoms with Gasteiger partial charge in [-0.05, 0) is 48.6 Å². The van der Waals surface area contributed by atoms with Gasteiger partial charge in [-0.1, -0.05) is 12.1 Å². The largest absolute Gasteiger partial charge is 0.417 e. The molecule has 2 aliphatic heterocycles. The fourth-order valence-electron chi connectivity index (χ4n) is 4.10. The Labute approximate surface area is 178 Å². The van der Waals surface area contributed by atoms with Gasteiger partial charge in [0.1, 0.15) is 5.84 Å². The molecule has 0 radical (unpaired) electrons. The molecule has 0 saturated carbocycles. The molecule has 31 heavy (non-hydrogen) atoms. The normalized spacial score (nSPS) is 18.1.